The van der Waals surface area contributed by atoms with E-state index >= 15 is 0 Å². The number of morpholine rings is 1. The fraction of sp³-hybridized carbons (Fsp3) is 0.263. The van der Waals surface area contributed by atoms with Gasteiger partial charge in [-0.3, -0.25) is 4.79 Å². The third-order valence-electron chi connectivity index (χ3n) is 3.98. The van der Waals surface area contributed by atoms with Gasteiger partial charge >= 0.3 is 5.97 Å². The maximum atomic E-state index is 13.0. The van der Waals surface area contributed by atoms with Crippen LogP contribution >= 0.6 is 0 Å². The molecule has 2 atom stereocenters. The molecule has 1 fully saturated rings. The summed E-state index contributed by atoms with van der Waals surface area (Å²) in [6, 6.07) is 18.3. The lowest BCUT2D eigenvalue weighted by atomic mass is 10.1. The highest BCUT2D eigenvalue weighted by atomic mass is 16.5. The largest absolute Gasteiger partial charge is 0.479 e. The number of carbonyl (C=O) groups is 2. The lowest BCUT2D eigenvalue weighted by Gasteiger charge is -2.33. The van der Waals surface area contributed by atoms with Gasteiger partial charge in [0.1, 0.15) is 5.75 Å². The van der Waals surface area contributed by atoms with E-state index in [0.717, 1.165) is 5.56 Å². The van der Waals surface area contributed by atoms with E-state index in [0.29, 0.717) is 12.3 Å². The quantitative estimate of drug-likeness (QED) is 0.901. The Balaban J connectivity index is 1.83. The standard InChI is InChI=1S/C19H19NO5/c21-18(20-11-12-24-16(13-20)19(22)23)17(14-7-3-1-4-8-14)25-15-9-5-2-6-10-15/h1-10,16-17H,11-13H2,(H,22,23)/t16-,17-/m1/s1. The van der Waals surface area contributed by atoms with Crippen LogP contribution in [0.15, 0.2) is 60.7 Å². The van der Waals surface area contributed by atoms with Crippen LogP contribution in [0.1, 0.15) is 11.7 Å². The van der Waals surface area contributed by atoms with E-state index in [9.17, 15) is 9.59 Å². The number of hydrogen-bond acceptors (Lipinski definition) is 4. The number of hydrogen-bond donors (Lipinski definition) is 1. The average molecular weight is 341 g/mol. The molecule has 1 aliphatic rings. The van der Waals surface area contributed by atoms with Gasteiger partial charge in [-0.1, -0.05) is 48.5 Å². The molecular formula is C19H19NO5. The molecule has 1 aliphatic heterocycles. The fourth-order valence-electron chi connectivity index (χ4n) is 2.69. The summed E-state index contributed by atoms with van der Waals surface area (Å²) >= 11 is 0. The summed E-state index contributed by atoms with van der Waals surface area (Å²) in [5.41, 5.74) is 0.717. The summed E-state index contributed by atoms with van der Waals surface area (Å²) in [6.45, 7) is 0.537. The van der Waals surface area contributed by atoms with Gasteiger partial charge in [-0.05, 0) is 12.1 Å². The number of nitrogens with zero attached hydrogens (tertiary/aromatic N) is 1. The Morgan fingerprint density at radius 1 is 1.08 bits per heavy atom. The van der Waals surface area contributed by atoms with Crippen LogP contribution in [0.25, 0.3) is 0 Å². The Morgan fingerprint density at radius 3 is 2.36 bits per heavy atom. The lowest BCUT2D eigenvalue weighted by molar-refractivity contribution is -0.161. The molecule has 1 amide bonds. The van der Waals surface area contributed by atoms with Crippen molar-refractivity contribution >= 4 is 11.9 Å². The topological polar surface area (TPSA) is 76.1 Å². The number of carboxylic acids is 1. The van der Waals surface area contributed by atoms with Crippen molar-refractivity contribution < 1.29 is 24.2 Å². The first-order chi connectivity index (χ1) is 12.1. The highest BCUT2D eigenvalue weighted by Gasteiger charge is 2.34. The van der Waals surface area contributed by atoms with Gasteiger partial charge < -0.3 is 19.5 Å². The minimum Gasteiger partial charge on any atom is -0.479 e. The summed E-state index contributed by atoms with van der Waals surface area (Å²) in [4.78, 5) is 25.7. The number of ether oxygens (including phenoxy) is 2. The molecule has 6 heteroatoms. The number of aliphatic carboxylic acids is 1. The number of amides is 1. The van der Waals surface area contributed by atoms with Crippen molar-refractivity contribution in [3.63, 3.8) is 0 Å². The Labute approximate surface area is 145 Å². The van der Waals surface area contributed by atoms with Crippen molar-refractivity contribution in [2.24, 2.45) is 0 Å². The van der Waals surface area contributed by atoms with E-state index in [4.69, 9.17) is 14.6 Å². The van der Waals surface area contributed by atoms with Gasteiger partial charge in [0.05, 0.1) is 13.2 Å². The molecule has 0 spiro atoms. The number of carbonyl (C=O) groups excluding carboxylic acids is 1. The van der Waals surface area contributed by atoms with Crippen molar-refractivity contribution in [1.29, 1.82) is 0 Å². The second kappa shape index (κ2) is 7.81. The van der Waals surface area contributed by atoms with Crippen LogP contribution in [0, 0.1) is 0 Å². The third-order valence-corrected chi connectivity index (χ3v) is 3.98. The summed E-state index contributed by atoms with van der Waals surface area (Å²) in [7, 11) is 0. The van der Waals surface area contributed by atoms with Gasteiger partial charge in [0.25, 0.3) is 5.91 Å². The highest BCUT2D eigenvalue weighted by molar-refractivity contribution is 5.84. The molecule has 2 aromatic carbocycles. The van der Waals surface area contributed by atoms with E-state index in [1.54, 1.807) is 12.1 Å². The van der Waals surface area contributed by atoms with E-state index in [1.807, 2.05) is 48.5 Å². The third kappa shape index (κ3) is 4.16. The summed E-state index contributed by atoms with van der Waals surface area (Å²) < 4.78 is 11.1. The van der Waals surface area contributed by atoms with Crippen LogP contribution in [0.5, 0.6) is 5.75 Å². The van der Waals surface area contributed by atoms with E-state index in [1.165, 1.54) is 4.90 Å². The van der Waals surface area contributed by atoms with Crippen molar-refractivity contribution in [3.05, 3.63) is 66.2 Å². The van der Waals surface area contributed by atoms with Gasteiger partial charge in [-0.15, -0.1) is 0 Å². The predicted octanol–water partition coefficient (Wildman–Crippen LogP) is 2.12. The monoisotopic (exact) mass is 341 g/mol. The molecule has 6 nitrogen and oxygen atoms in total. The molecule has 0 bridgehead atoms. The summed E-state index contributed by atoms with van der Waals surface area (Å²) in [5, 5.41) is 9.13. The normalized spacial score (nSPS) is 18.4. The molecule has 25 heavy (non-hydrogen) atoms. The zero-order valence-electron chi connectivity index (χ0n) is 13.6. The second-order valence-corrected chi connectivity index (χ2v) is 5.70. The summed E-state index contributed by atoms with van der Waals surface area (Å²) in [6.07, 6.45) is -1.85. The molecular weight excluding hydrogens is 322 g/mol. The Bertz CT molecular complexity index is 719. The van der Waals surface area contributed by atoms with Crippen LogP contribution in [0.2, 0.25) is 0 Å². The second-order valence-electron chi connectivity index (χ2n) is 5.70. The Morgan fingerprint density at radius 2 is 1.72 bits per heavy atom. The van der Waals surface area contributed by atoms with Crippen molar-refractivity contribution in [2.45, 2.75) is 12.2 Å². The number of rotatable bonds is 5. The zero-order chi connectivity index (χ0) is 17.6. The van der Waals surface area contributed by atoms with Gasteiger partial charge in [0, 0.05) is 12.1 Å². The molecule has 1 N–H and O–H groups in total. The van der Waals surface area contributed by atoms with Crippen molar-refractivity contribution in [1.82, 2.24) is 4.90 Å². The van der Waals surface area contributed by atoms with Crippen LogP contribution in [0.3, 0.4) is 0 Å². The minimum absolute atomic E-state index is 0.00957. The highest BCUT2D eigenvalue weighted by Crippen LogP contribution is 2.24. The van der Waals surface area contributed by atoms with Crippen LogP contribution < -0.4 is 4.74 Å². The van der Waals surface area contributed by atoms with E-state index in [-0.39, 0.29) is 19.1 Å². The first-order valence-corrected chi connectivity index (χ1v) is 8.05. The molecule has 2 aromatic rings. The molecule has 0 aliphatic carbocycles. The summed E-state index contributed by atoms with van der Waals surface area (Å²) in [5.74, 6) is -0.768. The van der Waals surface area contributed by atoms with Crippen molar-refractivity contribution in [3.8, 4) is 5.75 Å². The Kier molecular flexibility index (Phi) is 5.30. The minimum atomic E-state index is -1.07. The molecule has 1 saturated heterocycles. The van der Waals surface area contributed by atoms with Gasteiger partial charge in [-0.25, -0.2) is 4.79 Å². The lowest BCUT2D eigenvalue weighted by Crippen LogP contribution is -2.50. The van der Waals surface area contributed by atoms with Crippen molar-refractivity contribution in [2.75, 3.05) is 19.7 Å². The molecule has 3 rings (SSSR count). The van der Waals surface area contributed by atoms with Gasteiger partial charge in [-0.2, -0.15) is 0 Å². The van der Waals surface area contributed by atoms with Crippen LogP contribution in [0.4, 0.5) is 0 Å². The molecule has 130 valence electrons. The number of benzene rings is 2. The molecule has 0 aromatic heterocycles. The van der Waals surface area contributed by atoms with E-state index < -0.39 is 18.2 Å². The maximum Gasteiger partial charge on any atom is 0.334 e. The predicted molar refractivity (Wildman–Crippen MR) is 90.2 cm³/mol. The molecule has 0 saturated carbocycles. The van der Waals surface area contributed by atoms with Gasteiger partial charge in [0.15, 0.2) is 6.10 Å². The first kappa shape index (κ1) is 17.0. The zero-order valence-corrected chi connectivity index (χ0v) is 13.6. The molecule has 0 radical (unpaired) electrons. The maximum absolute atomic E-state index is 13.0. The Hall–Kier alpha value is -2.86. The SMILES string of the molecule is O=C(O)[C@H]1CN(C(=O)[C@H](Oc2ccccc2)c2ccccc2)CCO1. The number of carboxylic acid groups (broad SMARTS) is 1. The van der Waals surface area contributed by atoms with Crippen LogP contribution in [-0.4, -0.2) is 47.7 Å². The first-order valence-electron chi connectivity index (χ1n) is 8.05. The van der Waals surface area contributed by atoms with Crippen LogP contribution in [-0.2, 0) is 14.3 Å². The smallest absolute Gasteiger partial charge is 0.334 e. The molecule has 0 unspecified atom stereocenters. The van der Waals surface area contributed by atoms with E-state index in [2.05, 4.69) is 0 Å². The average Bonchev–Trinajstić information content (AvgIpc) is 2.67. The van der Waals surface area contributed by atoms with Gasteiger partial charge in [0.2, 0.25) is 6.10 Å². The number of para-hydroxylation sites is 1. The fourth-order valence-corrected chi connectivity index (χ4v) is 2.69. The molecule has 1 heterocycles.